The molecule has 1 saturated carbocycles. The average Bonchev–Trinajstić information content (AvgIpc) is 3.59. The fraction of sp³-hybridized carbons (Fsp3) is 0.297. The number of sulfonamides is 1. The molecule has 0 saturated heterocycles. The molecule has 1 aliphatic carbocycles. The molecule has 1 atom stereocenters. The van der Waals surface area contributed by atoms with Gasteiger partial charge in [-0.05, 0) is 61.2 Å². The van der Waals surface area contributed by atoms with E-state index >= 15 is 0 Å². The Balaban J connectivity index is 1.59. The zero-order valence-corrected chi connectivity index (χ0v) is 27.4. The van der Waals surface area contributed by atoms with Gasteiger partial charge < -0.3 is 10.2 Å². The molecule has 0 bridgehead atoms. The number of benzene rings is 4. The van der Waals surface area contributed by atoms with Crippen molar-refractivity contribution in [1.29, 1.82) is 0 Å². The van der Waals surface area contributed by atoms with Crippen LogP contribution in [0.25, 0.3) is 0 Å². The van der Waals surface area contributed by atoms with Gasteiger partial charge in [0.25, 0.3) is 10.0 Å². The molecule has 7 nitrogen and oxygen atoms in total. The maximum absolute atomic E-state index is 14.5. The SMILES string of the molecule is Cc1ccc(CN(C(=O)CN(c2cccc(C(F)(F)F)c2)S(=O)(=O)c2ccccc2)[C@@H](Cc2ccccc2)C(=O)NC2CCCC2)cc1. The van der Waals surface area contributed by atoms with E-state index in [9.17, 15) is 31.2 Å². The lowest BCUT2D eigenvalue weighted by Crippen LogP contribution is -2.54. The van der Waals surface area contributed by atoms with Gasteiger partial charge in [0.05, 0.1) is 16.1 Å². The number of hydrogen-bond donors (Lipinski definition) is 1. The third-order valence-electron chi connectivity index (χ3n) is 8.52. The minimum Gasteiger partial charge on any atom is -0.352 e. The highest BCUT2D eigenvalue weighted by atomic mass is 32.2. The molecule has 1 N–H and O–H groups in total. The minimum atomic E-state index is -4.75. The number of alkyl halides is 3. The molecule has 5 rings (SSSR count). The molecule has 1 fully saturated rings. The van der Waals surface area contributed by atoms with Gasteiger partial charge in [-0.2, -0.15) is 13.2 Å². The number of amides is 2. The number of rotatable bonds is 12. The van der Waals surface area contributed by atoms with E-state index in [1.165, 1.54) is 35.2 Å². The highest BCUT2D eigenvalue weighted by molar-refractivity contribution is 7.92. The lowest BCUT2D eigenvalue weighted by atomic mass is 10.0. The van der Waals surface area contributed by atoms with E-state index in [-0.39, 0.29) is 35.5 Å². The molecular weight excluding hydrogens is 639 g/mol. The number of nitrogens with zero attached hydrogens (tertiary/aromatic N) is 2. The molecule has 0 aromatic heterocycles. The van der Waals surface area contributed by atoms with E-state index in [0.717, 1.165) is 48.9 Å². The summed E-state index contributed by atoms with van der Waals surface area (Å²) in [5, 5.41) is 3.10. The first-order valence-electron chi connectivity index (χ1n) is 15.9. The molecule has 0 unspecified atom stereocenters. The fourth-order valence-electron chi connectivity index (χ4n) is 5.90. The molecular formula is C37H38F3N3O4S. The predicted octanol–water partition coefficient (Wildman–Crippen LogP) is 6.91. The number of nitrogens with one attached hydrogen (secondary N) is 1. The van der Waals surface area contributed by atoms with Crippen molar-refractivity contribution in [3.05, 3.63) is 131 Å². The first-order valence-corrected chi connectivity index (χ1v) is 17.3. The van der Waals surface area contributed by atoms with Crippen molar-refractivity contribution in [2.24, 2.45) is 0 Å². The van der Waals surface area contributed by atoms with E-state index in [1.54, 1.807) is 6.07 Å². The van der Waals surface area contributed by atoms with Gasteiger partial charge in [0.2, 0.25) is 11.8 Å². The standard InChI is InChI=1S/C37H38F3N3O4S/c1-27-19-21-29(22-20-27)25-42(34(23-28-11-4-2-5-12-28)36(45)41-31-14-8-9-15-31)35(44)26-43(48(46,47)33-17-6-3-7-18-33)32-16-10-13-30(24-32)37(38,39)40/h2-7,10-13,16-22,24,31,34H,8-9,14-15,23,25-26H2,1H3,(H,41,45)/t34-/m0/s1. The first-order chi connectivity index (χ1) is 22.9. The Morgan fingerprint density at radius 1 is 0.833 bits per heavy atom. The zero-order valence-electron chi connectivity index (χ0n) is 26.6. The molecule has 4 aromatic carbocycles. The Morgan fingerprint density at radius 3 is 2.08 bits per heavy atom. The second-order valence-corrected chi connectivity index (χ2v) is 13.9. The van der Waals surface area contributed by atoms with Crippen LogP contribution in [0.2, 0.25) is 0 Å². The first kappa shape index (κ1) is 34.7. The van der Waals surface area contributed by atoms with Crippen molar-refractivity contribution < 1.29 is 31.2 Å². The highest BCUT2D eigenvalue weighted by Gasteiger charge is 2.37. The van der Waals surface area contributed by atoms with Crippen molar-refractivity contribution >= 4 is 27.5 Å². The van der Waals surface area contributed by atoms with Gasteiger partial charge in [-0.3, -0.25) is 13.9 Å². The van der Waals surface area contributed by atoms with Gasteiger partial charge in [-0.1, -0.05) is 97.3 Å². The summed E-state index contributed by atoms with van der Waals surface area (Å²) in [7, 11) is -4.53. The van der Waals surface area contributed by atoms with Crippen LogP contribution in [0.4, 0.5) is 18.9 Å². The van der Waals surface area contributed by atoms with Gasteiger partial charge in [0.15, 0.2) is 0 Å². The number of hydrogen-bond acceptors (Lipinski definition) is 4. The van der Waals surface area contributed by atoms with Crippen molar-refractivity contribution in [3.63, 3.8) is 0 Å². The molecule has 0 radical (unpaired) electrons. The minimum absolute atomic E-state index is 0.0312. The van der Waals surface area contributed by atoms with E-state index < -0.39 is 40.3 Å². The summed E-state index contributed by atoms with van der Waals surface area (Å²) in [4.78, 5) is 29.8. The van der Waals surface area contributed by atoms with Crippen LogP contribution in [-0.2, 0) is 38.8 Å². The summed E-state index contributed by atoms with van der Waals surface area (Å²) >= 11 is 0. The third-order valence-corrected chi connectivity index (χ3v) is 10.3. The number of anilines is 1. The molecule has 2 amide bonds. The van der Waals surface area contributed by atoms with Gasteiger partial charge in [-0.25, -0.2) is 8.42 Å². The summed E-state index contributed by atoms with van der Waals surface area (Å²) in [6, 6.07) is 26.6. The fourth-order valence-corrected chi connectivity index (χ4v) is 7.32. The Kier molecular flexibility index (Phi) is 10.9. The number of carbonyl (C=O) groups is 2. The lowest BCUT2D eigenvalue weighted by Gasteiger charge is -2.34. The normalized spacial score (nSPS) is 14.3. The number of halogens is 3. The summed E-state index contributed by atoms with van der Waals surface area (Å²) in [6.07, 6.45) is -1.03. The second kappa shape index (κ2) is 15.1. The van der Waals surface area contributed by atoms with Crippen LogP contribution in [0.5, 0.6) is 0 Å². The van der Waals surface area contributed by atoms with E-state index in [4.69, 9.17) is 0 Å². The molecule has 48 heavy (non-hydrogen) atoms. The second-order valence-electron chi connectivity index (χ2n) is 12.1. The maximum Gasteiger partial charge on any atom is 0.416 e. The Hall–Kier alpha value is -4.64. The number of aryl methyl sites for hydroxylation is 1. The largest absolute Gasteiger partial charge is 0.416 e. The van der Waals surface area contributed by atoms with Crippen LogP contribution in [-0.4, -0.2) is 43.8 Å². The predicted molar refractivity (Wildman–Crippen MR) is 178 cm³/mol. The van der Waals surface area contributed by atoms with E-state index in [1.807, 2.05) is 61.5 Å². The highest BCUT2D eigenvalue weighted by Crippen LogP contribution is 2.33. The zero-order chi connectivity index (χ0) is 34.3. The topological polar surface area (TPSA) is 86.8 Å². The van der Waals surface area contributed by atoms with Gasteiger partial charge in [0.1, 0.15) is 12.6 Å². The summed E-state index contributed by atoms with van der Waals surface area (Å²) in [6.45, 7) is 1.05. The molecule has 0 aliphatic heterocycles. The van der Waals surface area contributed by atoms with Crippen LogP contribution in [0.15, 0.2) is 114 Å². The van der Waals surface area contributed by atoms with Crippen LogP contribution >= 0.6 is 0 Å². The quantitative estimate of drug-likeness (QED) is 0.177. The van der Waals surface area contributed by atoms with Crippen molar-refractivity contribution in [2.75, 3.05) is 10.8 Å². The summed E-state index contributed by atoms with van der Waals surface area (Å²) in [5.74, 6) is -1.11. The molecule has 11 heteroatoms. The molecule has 1 aliphatic rings. The Bertz CT molecular complexity index is 1800. The average molecular weight is 678 g/mol. The smallest absolute Gasteiger partial charge is 0.352 e. The summed E-state index contributed by atoms with van der Waals surface area (Å²) < 4.78 is 70.2. The van der Waals surface area contributed by atoms with E-state index in [0.29, 0.717) is 15.9 Å². The van der Waals surface area contributed by atoms with E-state index in [2.05, 4.69) is 5.32 Å². The third kappa shape index (κ3) is 8.63. The molecule has 0 spiro atoms. The lowest BCUT2D eigenvalue weighted by molar-refractivity contribution is -0.140. The van der Waals surface area contributed by atoms with Gasteiger partial charge >= 0.3 is 6.18 Å². The van der Waals surface area contributed by atoms with Crippen LogP contribution in [0, 0.1) is 6.92 Å². The van der Waals surface area contributed by atoms with Gasteiger partial charge in [0, 0.05) is 19.0 Å². The van der Waals surface area contributed by atoms with Crippen LogP contribution < -0.4 is 9.62 Å². The number of carbonyl (C=O) groups excluding carboxylic acids is 2. The van der Waals surface area contributed by atoms with Crippen molar-refractivity contribution in [2.45, 2.75) is 68.7 Å². The van der Waals surface area contributed by atoms with Crippen LogP contribution in [0.3, 0.4) is 0 Å². The van der Waals surface area contributed by atoms with Crippen molar-refractivity contribution in [1.82, 2.24) is 10.2 Å². The maximum atomic E-state index is 14.5. The Labute approximate surface area is 279 Å². The van der Waals surface area contributed by atoms with Crippen molar-refractivity contribution in [3.8, 4) is 0 Å². The monoisotopic (exact) mass is 677 g/mol. The Morgan fingerprint density at radius 2 is 1.46 bits per heavy atom. The van der Waals surface area contributed by atoms with Gasteiger partial charge in [-0.15, -0.1) is 0 Å². The van der Waals surface area contributed by atoms with Crippen LogP contribution in [0.1, 0.15) is 47.9 Å². The summed E-state index contributed by atoms with van der Waals surface area (Å²) in [5.41, 5.74) is 1.10. The molecule has 4 aromatic rings. The molecule has 0 heterocycles. The molecule has 252 valence electrons.